The molecule has 12 heteroatoms. The number of hydrogen-bond donors (Lipinski definition) is 1. The molecule has 2 fully saturated rings. The van der Waals surface area contributed by atoms with Crippen molar-refractivity contribution in [2.24, 2.45) is 0 Å². The number of hydrogen-bond acceptors (Lipinski definition) is 12. The minimum Gasteiger partial charge on any atom is -0.497 e. The van der Waals surface area contributed by atoms with Gasteiger partial charge in [0, 0.05) is 62.8 Å². The number of ether oxygens (including phenoxy) is 2. The third-order valence-corrected chi connectivity index (χ3v) is 10.4. The molecule has 10 nitrogen and oxygen atoms in total. The molecule has 0 radical (unpaired) electrons. The lowest BCUT2D eigenvalue weighted by Gasteiger charge is -2.45. The first-order chi connectivity index (χ1) is 21.2. The Hall–Kier alpha value is -3.58. The van der Waals surface area contributed by atoms with E-state index >= 15 is 0 Å². The standard InChI is InChI=1S/C31H36N8O2S2/c1-40-24-7-8-27(41-2)21(19-24)20-37-15-9-22(10-16-37)39(31-35-26-6-4-14-33-29(26)43-31)23-11-17-38(18-12-23)36-30-34-25-5-3-13-32-28(25)42-30/h3-8,13-14,19,22-23H,9-12,15-18,20H2,1-2H3,(H,34,36). The van der Waals surface area contributed by atoms with Gasteiger partial charge in [-0.2, -0.15) is 0 Å². The molecule has 43 heavy (non-hydrogen) atoms. The number of anilines is 2. The Morgan fingerprint density at radius 1 is 0.837 bits per heavy atom. The molecule has 2 saturated heterocycles. The van der Waals surface area contributed by atoms with E-state index in [1.54, 1.807) is 36.9 Å². The van der Waals surface area contributed by atoms with Crippen LogP contribution in [0.1, 0.15) is 31.2 Å². The summed E-state index contributed by atoms with van der Waals surface area (Å²) in [6.45, 7) is 4.79. The average molecular weight is 617 g/mol. The van der Waals surface area contributed by atoms with Crippen LogP contribution in [0.15, 0.2) is 54.9 Å². The lowest BCUT2D eigenvalue weighted by molar-refractivity contribution is 0.183. The number of fused-ring (bicyclic) bond motifs is 2. The van der Waals surface area contributed by atoms with E-state index in [9.17, 15) is 0 Å². The highest BCUT2D eigenvalue weighted by atomic mass is 32.1. The number of pyridine rings is 2. The van der Waals surface area contributed by atoms with Crippen molar-refractivity contribution in [3.05, 3.63) is 60.4 Å². The maximum absolute atomic E-state index is 5.65. The van der Waals surface area contributed by atoms with Crippen LogP contribution in [0.5, 0.6) is 11.5 Å². The molecule has 0 spiro atoms. The van der Waals surface area contributed by atoms with Gasteiger partial charge in [-0.25, -0.2) is 24.9 Å². The molecule has 0 amide bonds. The Balaban J connectivity index is 1.05. The summed E-state index contributed by atoms with van der Waals surface area (Å²) in [6, 6.07) is 14.9. The summed E-state index contributed by atoms with van der Waals surface area (Å²) in [5.41, 5.74) is 6.64. The molecule has 0 unspecified atom stereocenters. The first-order valence-electron chi connectivity index (χ1n) is 14.8. The molecule has 224 valence electrons. The molecule has 1 N–H and O–H groups in total. The predicted octanol–water partition coefficient (Wildman–Crippen LogP) is 5.68. The topological polar surface area (TPSA) is 91.8 Å². The second kappa shape index (κ2) is 12.6. The predicted molar refractivity (Wildman–Crippen MR) is 173 cm³/mol. The summed E-state index contributed by atoms with van der Waals surface area (Å²) < 4.78 is 11.1. The van der Waals surface area contributed by atoms with Gasteiger partial charge in [0.25, 0.3) is 0 Å². The monoisotopic (exact) mass is 616 g/mol. The second-order valence-corrected chi connectivity index (χ2v) is 13.0. The number of thiazole rings is 2. The van der Waals surface area contributed by atoms with Crippen molar-refractivity contribution < 1.29 is 9.47 Å². The van der Waals surface area contributed by atoms with Crippen molar-refractivity contribution in [3.8, 4) is 11.5 Å². The minimum atomic E-state index is 0.422. The van der Waals surface area contributed by atoms with Crippen LogP contribution in [-0.4, -0.2) is 82.3 Å². The molecular formula is C31H36N8O2S2. The lowest BCUT2D eigenvalue weighted by atomic mass is 9.97. The average Bonchev–Trinajstić information content (AvgIpc) is 3.66. The zero-order valence-corrected chi connectivity index (χ0v) is 26.1. The summed E-state index contributed by atoms with van der Waals surface area (Å²) in [4.78, 5) is 26.0. The third-order valence-electron chi connectivity index (χ3n) is 8.49. The minimum absolute atomic E-state index is 0.422. The van der Waals surface area contributed by atoms with Crippen LogP contribution in [0.3, 0.4) is 0 Å². The highest BCUT2D eigenvalue weighted by Crippen LogP contribution is 2.36. The van der Waals surface area contributed by atoms with E-state index in [4.69, 9.17) is 19.4 Å². The van der Waals surface area contributed by atoms with Gasteiger partial charge in [0.15, 0.2) is 10.3 Å². The van der Waals surface area contributed by atoms with E-state index < -0.39 is 0 Å². The number of nitrogens with one attached hydrogen (secondary N) is 1. The van der Waals surface area contributed by atoms with Crippen molar-refractivity contribution in [3.63, 3.8) is 0 Å². The first kappa shape index (κ1) is 28.2. The zero-order chi connectivity index (χ0) is 29.2. The van der Waals surface area contributed by atoms with Crippen LogP contribution in [0.2, 0.25) is 0 Å². The molecule has 7 rings (SSSR count). The highest BCUT2D eigenvalue weighted by molar-refractivity contribution is 7.22. The van der Waals surface area contributed by atoms with E-state index in [0.717, 1.165) is 106 Å². The number of piperidine rings is 2. The van der Waals surface area contributed by atoms with Crippen LogP contribution >= 0.6 is 22.7 Å². The number of methoxy groups -OCH3 is 2. The number of rotatable bonds is 9. The third kappa shape index (κ3) is 6.10. The molecule has 6 heterocycles. The molecule has 0 saturated carbocycles. The van der Waals surface area contributed by atoms with Gasteiger partial charge >= 0.3 is 0 Å². The van der Waals surface area contributed by atoms with Crippen molar-refractivity contribution >= 4 is 53.6 Å². The summed E-state index contributed by atoms with van der Waals surface area (Å²) in [6.07, 6.45) is 7.98. The number of likely N-dealkylation sites (tertiary alicyclic amines) is 1. The summed E-state index contributed by atoms with van der Waals surface area (Å²) in [5.74, 6) is 1.77. The Bertz CT molecular complexity index is 1610. The molecule has 0 aliphatic carbocycles. The van der Waals surface area contributed by atoms with Gasteiger partial charge in [-0.15, -0.1) is 0 Å². The van der Waals surface area contributed by atoms with Crippen molar-refractivity contribution in [2.45, 2.75) is 44.3 Å². The van der Waals surface area contributed by atoms with Gasteiger partial charge in [0.05, 0.1) is 14.2 Å². The fourth-order valence-electron chi connectivity index (χ4n) is 6.29. The van der Waals surface area contributed by atoms with Crippen molar-refractivity contribution in [1.82, 2.24) is 29.8 Å². The van der Waals surface area contributed by atoms with Gasteiger partial charge in [0.1, 0.15) is 32.2 Å². The fraction of sp³-hybridized carbons (Fsp3) is 0.419. The SMILES string of the molecule is COc1ccc(OC)c(CN2CCC(N(c3nc4cccnc4s3)C3CCN(Nc4nc5cccnc5s4)CC3)CC2)c1. The fourth-order valence-corrected chi connectivity index (χ4v) is 8.18. The maximum Gasteiger partial charge on any atom is 0.200 e. The quantitative estimate of drug-likeness (QED) is 0.223. The first-order valence-corrected chi connectivity index (χ1v) is 16.5. The number of benzene rings is 1. The number of nitrogens with zero attached hydrogens (tertiary/aromatic N) is 7. The zero-order valence-electron chi connectivity index (χ0n) is 24.5. The van der Waals surface area contributed by atoms with Crippen LogP contribution in [0.25, 0.3) is 20.7 Å². The smallest absolute Gasteiger partial charge is 0.200 e. The van der Waals surface area contributed by atoms with Gasteiger partial charge in [-0.3, -0.25) is 10.3 Å². The Morgan fingerprint density at radius 3 is 2.16 bits per heavy atom. The van der Waals surface area contributed by atoms with E-state index in [2.05, 4.69) is 42.3 Å². The van der Waals surface area contributed by atoms with Crippen LogP contribution in [-0.2, 0) is 6.54 Å². The molecule has 2 aliphatic heterocycles. The number of aromatic nitrogens is 4. The normalized spacial score (nSPS) is 17.4. The van der Waals surface area contributed by atoms with Gasteiger partial charge in [-0.1, -0.05) is 22.7 Å². The molecule has 0 bridgehead atoms. The van der Waals surface area contributed by atoms with Crippen LogP contribution in [0.4, 0.5) is 10.3 Å². The molecular weight excluding hydrogens is 581 g/mol. The van der Waals surface area contributed by atoms with E-state index in [-0.39, 0.29) is 0 Å². The summed E-state index contributed by atoms with van der Waals surface area (Å²) >= 11 is 3.33. The summed E-state index contributed by atoms with van der Waals surface area (Å²) in [5, 5.41) is 4.31. The van der Waals surface area contributed by atoms with E-state index in [0.29, 0.717) is 12.1 Å². The number of hydrazine groups is 1. The summed E-state index contributed by atoms with van der Waals surface area (Å²) in [7, 11) is 3.45. The Morgan fingerprint density at radius 2 is 1.51 bits per heavy atom. The second-order valence-electron chi connectivity index (χ2n) is 11.1. The van der Waals surface area contributed by atoms with E-state index in [1.165, 1.54) is 0 Å². The Labute approximate surface area is 259 Å². The van der Waals surface area contributed by atoms with Crippen LogP contribution < -0.4 is 19.8 Å². The van der Waals surface area contributed by atoms with Gasteiger partial charge in [-0.05, 0) is 68.1 Å². The molecule has 2 aliphatic rings. The van der Waals surface area contributed by atoms with E-state index in [1.807, 2.05) is 42.7 Å². The molecule has 5 aromatic rings. The maximum atomic E-state index is 5.65. The Kier molecular flexibility index (Phi) is 8.25. The van der Waals surface area contributed by atoms with Gasteiger partial charge in [0.2, 0.25) is 0 Å². The van der Waals surface area contributed by atoms with Gasteiger partial charge < -0.3 is 14.4 Å². The molecule has 4 aromatic heterocycles. The lowest BCUT2D eigenvalue weighted by Crippen LogP contribution is -2.53. The van der Waals surface area contributed by atoms with Crippen molar-refractivity contribution in [2.75, 3.05) is 50.7 Å². The van der Waals surface area contributed by atoms with Crippen molar-refractivity contribution in [1.29, 1.82) is 0 Å². The molecule has 1 aromatic carbocycles. The molecule has 0 atom stereocenters. The highest BCUT2D eigenvalue weighted by Gasteiger charge is 2.34. The largest absolute Gasteiger partial charge is 0.497 e. The van der Waals surface area contributed by atoms with Crippen LogP contribution in [0, 0.1) is 0 Å².